The molecule has 1 fully saturated rings. The van der Waals surface area contributed by atoms with Gasteiger partial charge in [0.2, 0.25) is 0 Å². The molecule has 11 heteroatoms. The molecule has 0 aromatic carbocycles. The zero-order chi connectivity index (χ0) is 43.3. The van der Waals surface area contributed by atoms with E-state index in [2.05, 4.69) is 50.3 Å². The lowest BCUT2D eigenvalue weighted by Gasteiger charge is -2.28. The molecule has 0 aromatic heterocycles. The molecule has 4 atom stereocenters. The Balaban J connectivity index is 2.29. The molecule has 1 heterocycles. The van der Waals surface area contributed by atoms with Crippen molar-refractivity contribution in [2.24, 2.45) is 0 Å². The van der Waals surface area contributed by atoms with Crippen molar-refractivity contribution in [3.05, 3.63) is 36.5 Å². The fraction of sp³-hybridized carbons (Fsp3) is 0.833. The van der Waals surface area contributed by atoms with E-state index in [9.17, 15) is 19.0 Å². The summed E-state index contributed by atoms with van der Waals surface area (Å²) < 4.78 is 39.7. The number of allylic oxidation sites excluding steroid dienone is 4. The summed E-state index contributed by atoms with van der Waals surface area (Å²) in [5.41, 5.74) is 0. The number of rotatable bonds is 42. The second-order valence-electron chi connectivity index (χ2n) is 17.5. The molecule has 0 aromatic rings. The van der Waals surface area contributed by atoms with Gasteiger partial charge in [0.1, 0.15) is 19.8 Å². The molecule has 0 amide bonds. The molecule has 1 aliphatic heterocycles. The van der Waals surface area contributed by atoms with Gasteiger partial charge in [0.25, 0.3) is 7.82 Å². The fourth-order valence-corrected chi connectivity index (χ4v) is 7.42. The van der Waals surface area contributed by atoms with Crippen molar-refractivity contribution in [3.63, 3.8) is 0 Å². The van der Waals surface area contributed by atoms with Crippen molar-refractivity contribution in [2.45, 2.75) is 212 Å². The molecule has 0 bridgehead atoms. The SMILES string of the molecule is CCCCC/C=C\C/C=C\CC1OC1C/C=C\CCCC(=O)OC[C@H](COP(=O)([O-])OCC[N+](C)(C)C)OC(=O)CCCCCCCCCCCCCCCCCCC. The first kappa shape index (κ1) is 55.2. The zero-order valence-corrected chi connectivity index (χ0v) is 39.3. The first-order chi connectivity index (χ1) is 28.5. The van der Waals surface area contributed by atoms with Crippen molar-refractivity contribution < 1.29 is 46.8 Å². The van der Waals surface area contributed by atoms with Gasteiger partial charge < -0.3 is 32.6 Å². The quantitative estimate of drug-likeness (QED) is 0.0147. The number of hydrogen-bond donors (Lipinski definition) is 0. The van der Waals surface area contributed by atoms with Crippen LogP contribution in [0.1, 0.15) is 194 Å². The molecule has 1 saturated heterocycles. The topological polar surface area (TPSA) is 124 Å². The van der Waals surface area contributed by atoms with Gasteiger partial charge in [-0.05, 0) is 51.4 Å². The van der Waals surface area contributed by atoms with Crippen LogP contribution in [0.25, 0.3) is 0 Å². The fourth-order valence-electron chi connectivity index (χ4n) is 6.69. The third kappa shape index (κ3) is 37.7. The Morgan fingerprint density at radius 3 is 1.66 bits per heavy atom. The van der Waals surface area contributed by atoms with Crippen LogP contribution in [0.15, 0.2) is 36.5 Å². The number of hydrogen-bond acceptors (Lipinski definition) is 9. The Hall–Kier alpha value is -1.81. The molecule has 0 radical (unpaired) electrons. The van der Waals surface area contributed by atoms with Crippen molar-refractivity contribution >= 4 is 19.8 Å². The van der Waals surface area contributed by atoms with E-state index < -0.39 is 32.5 Å². The summed E-state index contributed by atoms with van der Waals surface area (Å²) in [6.45, 7) is 4.14. The lowest BCUT2D eigenvalue weighted by Crippen LogP contribution is -2.37. The number of ether oxygens (including phenoxy) is 3. The van der Waals surface area contributed by atoms with E-state index in [1.807, 2.05) is 21.1 Å². The van der Waals surface area contributed by atoms with E-state index in [-0.39, 0.29) is 38.3 Å². The van der Waals surface area contributed by atoms with E-state index in [4.69, 9.17) is 23.3 Å². The van der Waals surface area contributed by atoms with Gasteiger partial charge in [-0.2, -0.15) is 0 Å². The zero-order valence-electron chi connectivity index (χ0n) is 38.4. The van der Waals surface area contributed by atoms with Crippen LogP contribution in [-0.4, -0.2) is 82.2 Å². The molecule has 1 rings (SSSR count). The number of phosphoric ester groups is 1. The smallest absolute Gasteiger partial charge is 0.306 e. The highest BCUT2D eigenvalue weighted by atomic mass is 31.2. The highest BCUT2D eigenvalue weighted by molar-refractivity contribution is 7.45. The number of esters is 2. The Labute approximate surface area is 361 Å². The van der Waals surface area contributed by atoms with Crippen molar-refractivity contribution in [2.75, 3.05) is 47.5 Å². The Kier molecular flexibility index (Phi) is 34.4. The predicted octanol–water partition coefficient (Wildman–Crippen LogP) is 12.0. The van der Waals surface area contributed by atoms with Gasteiger partial charge in [-0.25, -0.2) is 0 Å². The van der Waals surface area contributed by atoms with Gasteiger partial charge >= 0.3 is 11.9 Å². The van der Waals surface area contributed by atoms with Gasteiger partial charge in [0.15, 0.2) is 6.10 Å². The molecule has 0 spiro atoms. The largest absolute Gasteiger partial charge is 0.756 e. The second-order valence-corrected chi connectivity index (χ2v) is 18.9. The molecule has 0 aliphatic carbocycles. The maximum absolute atomic E-state index is 12.7. The lowest BCUT2D eigenvalue weighted by molar-refractivity contribution is -0.870. The lowest BCUT2D eigenvalue weighted by atomic mass is 10.0. The van der Waals surface area contributed by atoms with E-state index >= 15 is 0 Å². The summed E-state index contributed by atoms with van der Waals surface area (Å²) in [4.78, 5) is 37.7. The minimum absolute atomic E-state index is 0.0412. The summed E-state index contributed by atoms with van der Waals surface area (Å²) >= 11 is 0. The number of epoxide rings is 1. The van der Waals surface area contributed by atoms with Crippen LogP contribution in [0.3, 0.4) is 0 Å². The molecule has 344 valence electrons. The summed E-state index contributed by atoms with van der Waals surface area (Å²) in [5, 5.41) is 0. The number of likely N-dealkylation sites (N-methyl/N-ethyl adjacent to an activating group) is 1. The van der Waals surface area contributed by atoms with Gasteiger partial charge in [0.05, 0.1) is 40.0 Å². The van der Waals surface area contributed by atoms with Crippen LogP contribution < -0.4 is 4.89 Å². The van der Waals surface area contributed by atoms with Gasteiger partial charge in [-0.15, -0.1) is 0 Å². The summed E-state index contributed by atoms with van der Waals surface area (Å²) in [7, 11) is 1.13. The summed E-state index contributed by atoms with van der Waals surface area (Å²) in [5.74, 6) is -0.902. The highest BCUT2D eigenvalue weighted by Crippen LogP contribution is 2.38. The number of nitrogens with zero attached hydrogens (tertiary/aromatic N) is 1. The van der Waals surface area contributed by atoms with Gasteiger partial charge in [-0.1, -0.05) is 166 Å². The summed E-state index contributed by atoms with van der Waals surface area (Å²) in [6.07, 6.45) is 43.4. The molecule has 59 heavy (non-hydrogen) atoms. The van der Waals surface area contributed by atoms with Crippen LogP contribution in [-0.2, 0) is 37.4 Å². The maximum Gasteiger partial charge on any atom is 0.306 e. The average molecular weight is 854 g/mol. The van der Waals surface area contributed by atoms with E-state index in [1.54, 1.807) is 0 Å². The Bertz CT molecular complexity index is 1170. The average Bonchev–Trinajstić information content (AvgIpc) is 3.94. The third-order valence-electron chi connectivity index (χ3n) is 10.6. The standard InChI is InChI=1S/C48H88NO9P/c1-6-8-10-12-14-16-17-18-19-20-21-22-23-25-27-29-35-39-48(51)57-44(43-56-59(52,53)55-41-40-49(3,4)5)42-54-47(50)38-34-31-30-33-37-46-45(58-46)36-32-28-26-24-15-13-11-9-7-2/h15,24,28,30,32-33,44-46H,6-14,16-23,25-27,29,31,34-43H2,1-5H3/b24-15-,32-28-,33-30-/t44-,45?,46?/m1/s1. The molecule has 10 nitrogen and oxygen atoms in total. The monoisotopic (exact) mass is 854 g/mol. The van der Waals surface area contributed by atoms with E-state index in [0.29, 0.717) is 23.9 Å². The van der Waals surface area contributed by atoms with Gasteiger partial charge in [0, 0.05) is 12.8 Å². The number of unbranched alkanes of at least 4 members (excludes halogenated alkanes) is 20. The summed E-state index contributed by atoms with van der Waals surface area (Å²) in [6, 6.07) is 0. The Morgan fingerprint density at radius 1 is 0.610 bits per heavy atom. The van der Waals surface area contributed by atoms with Crippen LogP contribution in [0.2, 0.25) is 0 Å². The molecule has 0 saturated carbocycles. The van der Waals surface area contributed by atoms with Gasteiger partial charge in [-0.3, -0.25) is 14.2 Å². The van der Waals surface area contributed by atoms with Crippen molar-refractivity contribution in [1.29, 1.82) is 0 Å². The predicted molar refractivity (Wildman–Crippen MR) is 240 cm³/mol. The van der Waals surface area contributed by atoms with Crippen LogP contribution in [0.4, 0.5) is 0 Å². The first-order valence-corrected chi connectivity index (χ1v) is 25.3. The highest BCUT2D eigenvalue weighted by Gasteiger charge is 2.36. The minimum atomic E-state index is -4.64. The Morgan fingerprint density at radius 2 is 1.08 bits per heavy atom. The number of quaternary nitrogens is 1. The van der Waals surface area contributed by atoms with Crippen molar-refractivity contribution in [1.82, 2.24) is 0 Å². The number of carbonyl (C=O) groups is 2. The molecule has 3 unspecified atom stereocenters. The van der Waals surface area contributed by atoms with E-state index in [0.717, 1.165) is 51.4 Å². The van der Waals surface area contributed by atoms with Crippen LogP contribution in [0.5, 0.6) is 0 Å². The number of phosphoric acid groups is 1. The van der Waals surface area contributed by atoms with Crippen molar-refractivity contribution in [3.8, 4) is 0 Å². The molecular weight excluding hydrogens is 765 g/mol. The maximum atomic E-state index is 12.7. The molecular formula is C48H88NO9P. The third-order valence-corrected chi connectivity index (χ3v) is 11.5. The van der Waals surface area contributed by atoms with Crippen LogP contribution in [0, 0.1) is 0 Å². The number of carbonyl (C=O) groups excluding carboxylic acids is 2. The molecule has 0 N–H and O–H groups in total. The van der Waals surface area contributed by atoms with Crippen LogP contribution >= 0.6 is 7.82 Å². The minimum Gasteiger partial charge on any atom is -0.756 e. The van der Waals surface area contributed by atoms with E-state index in [1.165, 1.54) is 103 Å². The second kappa shape index (κ2) is 36.8. The first-order valence-electron chi connectivity index (χ1n) is 23.8. The normalized spacial score (nSPS) is 17.3. The molecule has 1 aliphatic rings.